The van der Waals surface area contributed by atoms with Crippen molar-refractivity contribution < 1.29 is 0 Å². The standard InChI is InChI=1S/C9H13BrN2S/c1-6(5-10)8-7(2)11-9(13-8)12(3)4/h1,5H2,2-4H3. The van der Waals surface area contributed by atoms with E-state index in [1.54, 1.807) is 11.3 Å². The van der Waals surface area contributed by atoms with Crippen molar-refractivity contribution in [3.8, 4) is 0 Å². The van der Waals surface area contributed by atoms with E-state index in [2.05, 4.69) is 27.5 Å². The highest BCUT2D eigenvalue weighted by atomic mass is 79.9. The van der Waals surface area contributed by atoms with Crippen molar-refractivity contribution in [2.45, 2.75) is 6.92 Å². The Bertz CT molecular complexity index is 317. The molecule has 1 rings (SSSR count). The molecule has 72 valence electrons. The van der Waals surface area contributed by atoms with Crippen molar-refractivity contribution in [3.63, 3.8) is 0 Å². The van der Waals surface area contributed by atoms with Gasteiger partial charge in [-0.1, -0.05) is 33.8 Å². The van der Waals surface area contributed by atoms with E-state index in [9.17, 15) is 0 Å². The van der Waals surface area contributed by atoms with E-state index >= 15 is 0 Å². The van der Waals surface area contributed by atoms with Gasteiger partial charge in [0.25, 0.3) is 0 Å². The van der Waals surface area contributed by atoms with E-state index in [-0.39, 0.29) is 0 Å². The van der Waals surface area contributed by atoms with E-state index in [1.807, 2.05) is 25.9 Å². The average molecular weight is 261 g/mol. The third-order valence-corrected chi connectivity index (χ3v) is 3.75. The van der Waals surface area contributed by atoms with Crippen molar-refractivity contribution in [2.75, 3.05) is 24.3 Å². The second-order valence-corrected chi connectivity index (χ2v) is 4.58. The minimum Gasteiger partial charge on any atom is -0.354 e. The molecule has 0 saturated carbocycles. The van der Waals surface area contributed by atoms with Gasteiger partial charge in [0.05, 0.1) is 10.6 Å². The van der Waals surface area contributed by atoms with Crippen molar-refractivity contribution in [3.05, 3.63) is 17.2 Å². The Kier molecular flexibility index (Phi) is 3.50. The van der Waals surface area contributed by atoms with Crippen LogP contribution < -0.4 is 4.90 Å². The van der Waals surface area contributed by atoms with Crippen LogP contribution >= 0.6 is 27.3 Å². The summed E-state index contributed by atoms with van der Waals surface area (Å²) in [6.07, 6.45) is 0. The summed E-state index contributed by atoms with van der Waals surface area (Å²) in [5.74, 6) is 0. The fourth-order valence-corrected chi connectivity index (χ4v) is 2.39. The number of rotatable bonds is 3. The van der Waals surface area contributed by atoms with Crippen molar-refractivity contribution in [2.24, 2.45) is 0 Å². The summed E-state index contributed by atoms with van der Waals surface area (Å²) in [6, 6.07) is 0. The zero-order valence-electron chi connectivity index (χ0n) is 8.09. The average Bonchev–Trinajstić information content (AvgIpc) is 2.46. The first-order valence-corrected chi connectivity index (χ1v) is 5.89. The minimum absolute atomic E-state index is 0.808. The van der Waals surface area contributed by atoms with Crippen molar-refractivity contribution in [1.29, 1.82) is 0 Å². The molecule has 0 aliphatic rings. The molecule has 0 radical (unpaired) electrons. The van der Waals surface area contributed by atoms with Crippen LogP contribution in [0, 0.1) is 6.92 Å². The number of alkyl halides is 1. The summed E-state index contributed by atoms with van der Waals surface area (Å²) in [4.78, 5) is 7.65. The van der Waals surface area contributed by atoms with E-state index in [1.165, 1.54) is 4.88 Å². The molecular weight excluding hydrogens is 248 g/mol. The molecule has 0 bridgehead atoms. The van der Waals surface area contributed by atoms with Crippen molar-refractivity contribution in [1.82, 2.24) is 4.98 Å². The molecule has 0 N–H and O–H groups in total. The molecule has 1 heterocycles. The second-order valence-electron chi connectivity index (χ2n) is 3.04. The first-order valence-electron chi connectivity index (χ1n) is 3.95. The van der Waals surface area contributed by atoms with E-state index in [4.69, 9.17) is 0 Å². The molecule has 1 aromatic heterocycles. The Hall–Kier alpha value is -0.350. The third-order valence-electron chi connectivity index (χ3n) is 1.65. The number of hydrogen-bond acceptors (Lipinski definition) is 3. The molecule has 0 spiro atoms. The Morgan fingerprint density at radius 3 is 2.62 bits per heavy atom. The van der Waals surface area contributed by atoms with Crippen LogP contribution in [0.1, 0.15) is 10.6 Å². The molecule has 0 atom stereocenters. The summed E-state index contributed by atoms with van der Waals surface area (Å²) in [5.41, 5.74) is 2.17. The predicted octanol–water partition coefficient (Wildman–Crippen LogP) is 2.93. The molecule has 0 unspecified atom stereocenters. The molecule has 0 fully saturated rings. The number of halogens is 1. The fourth-order valence-electron chi connectivity index (χ4n) is 0.962. The summed E-state index contributed by atoms with van der Waals surface area (Å²) < 4.78 is 0. The first-order chi connectivity index (χ1) is 6.06. The number of aromatic nitrogens is 1. The molecule has 1 aromatic rings. The van der Waals surface area contributed by atoms with Gasteiger partial charge in [0, 0.05) is 19.4 Å². The number of hydrogen-bond donors (Lipinski definition) is 0. The van der Waals surface area contributed by atoms with Gasteiger partial charge in [0.15, 0.2) is 5.13 Å². The highest BCUT2D eigenvalue weighted by Gasteiger charge is 2.10. The van der Waals surface area contributed by atoms with Crippen LogP contribution in [0.25, 0.3) is 5.57 Å². The van der Waals surface area contributed by atoms with Gasteiger partial charge in [0.2, 0.25) is 0 Å². The maximum absolute atomic E-state index is 4.44. The zero-order chi connectivity index (χ0) is 10.0. The van der Waals surface area contributed by atoms with E-state index < -0.39 is 0 Å². The lowest BCUT2D eigenvalue weighted by Gasteiger charge is -2.05. The van der Waals surface area contributed by atoms with Gasteiger partial charge in [-0.25, -0.2) is 4.98 Å². The van der Waals surface area contributed by atoms with E-state index in [0.717, 1.165) is 21.7 Å². The summed E-state index contributed by atoms with van der Waals surface area (Å²) in [6.45, 7) is 6.00. The highest BCUT2D eigenvalue weighted by Crippen LogP contribution is 2.30. The lowest BCUT2D eigenvalue weighted by atomic mass is 10.2. The lowest BCUT2D eigenvalue weighted by molar-refractivity contribution is 1.09. The van der Waals surface area contributed by atoms with Crippen LogP contribution in [-0.4, -0.2) is 24.4 Å². The molecule has 4 heteroatoms. The van der Waals surface area contributed by atoms with Gasteiger partial charge < -0.3 is 4.90 Å². The zero-order valence-corrected chi connectivity index (χ0v) is 10.5. The summed E-state index contributed by atoms with van der Waals surface area (Å²) >= 11 is 5.08. The Morgan fingerprint density at radius 1 is 1.62 bits per heavy atom. The van der Waals surface area contributed by atoms with Crippen LogP contribution in [0.4, 0.5) is 5.13 Å². The van der Waals surface area contributed by atoms with Crippen LogP contribution in [0.15, 0.2) is 6.58 Å². The summed E-state index contributed by atoms with van der Waals surface area (Å²) in [7, 11) is 4.00. The number of aryl methyl sites for hydroxylation is 1. The van der Waals surface area contributed by atoms with Crippen molar-refractivity contribution >= 4 is 38.0 Å². The van der Waals surface area contributed by atoms with Crippen LogP contribution in [0.3, 0.4) is 0 Å². The second kappa shape index (κ2) is 4.24. The smallest absolute Gasteiger partial charge is 0.185 e. The molecule has 0 amide bonds. The van der Waals surface area contributed by atoms with Gasteiger partial charge in [-0.2, -0.15) is 0 Å². The van der Waals surface area contributed by atoms with Gasteiger partial charge in [0.1, 0.15) is 0 Å². The molecule has 0 aliphatic heterocycles. The Balaban J connectivity index is 3.03. The van der Waals surface area contributed by atoms with Gasteiger partial charge >= 0.3 is 0 Å². The topological polar surface area (TPSA) is 16.1 Å². The fraction of sp³-hybridized carbons (Fsp3) is 0.444. The molecule has 0 aromatic carbocycles. The largest absolute Gasteiger partial charge is 0.354 e. The monoisotopic (exact) mass is 260 g/mol. The Labute approximate surface area is 91.4 Å². The molecule has 0 saturated heterocycles. The molecular formula is C9H13BrN2S. The van der Waals surface area contributed by atoms with E-state index in [0.29, 0.717) is 0 Å². The van der Waals surface area contributed by atoms with Crippen LogP contribution in [0.2, 0.25) is 0 Å². The number of nitrogens with zero attached hydrogens (tertiary/aromatic N) is 2. The number of anilines is 1. The third kappa shape index (κ3) is 2.31. The predicted molar refractivity (Wildman–Crippen MR) is 64.0 cm³/mol. The van der Waals surface area contributed by atoms with Gasteiger partial charge in [-0.3, -0.25) is 0 Å². The number of allylic oxidation sites excluding steroid dienone is 1. The highest BCUT2D eigenvalue weighted by molar-refractivity contribution is 9.09. The van der Waals surface area contributed by atoms with Gasteiger partial charge in [-0.15, -0.1) is 0 Å². The van der Waals surface area contributed by atoms with Crippen LogP contribution in [0.5, 0.6) is 0 Å². The quantitative estimate of drug-likeness (QED) is 0.778. The molecule has 2 nitrogen and oxygen atoms in total. The normalized spacial score (nSPS) is 10.2. The first kappa shape index (κ1) is 10.7. The maximum Gasteiger partial charge on any atom is 0.185 e. The minimum atomic E-state index is 0.808. The maximum atomic E-state index is 4.44. The summed E-state index contributed by atoms with van der Waals surface area (Å²) in [5, 5.41) is 1.85. The molecule has 13 heavy (non-hydrogen) atoms. The van der Waals surface area contributed by atoms with Crippen LogP contribution in [-0.2, 0) is 0 Å². The lowest BCUT2D eigenvalue weighted by Crippen LogP contribution is -2.07. The molecule has 0 aliphatic carbocycles. The Morgan fingerprint density at radius 2 is 2.23 bits per heavy atom. The number of thiazole rings is 1. The SMILES string of the molecule is C=C(CBr)c1sc(N(C)C)nc1C. The van der Waals surface area contributed by atoms with Gasteiger partial charge in [-0.05, 0) is 12.5 Å².